The molecule has 0 saturated carbocycles. The van der Waals surface area contributed by atoms with Crippen LogP contribution in [0.25, 0.3) is 22.3 Å². The van der Waals surface area contributed by atoms with E-state index < -0.39 is 5.41 Å². The number of aromatic nitrogens is 5. The van der Waals surface area contributed by atoms with E-state index in [1.54, 1.807) is 17.3 Å². The van der Waals surface area contributed by atoms with Crippen LogP contribution in [0.3, 0.4) is 0 Å². The van der Waals surface area contributed by atoms with Crippen molar-refractivity contribution in [1.29, 1.82) is 0 Å². The molecule has 1 aliphatic carbocycles. The molecular weight excluding hydrogens is 364 g/mol. The highest BCUT2D eigenvalue weighted by Crippen LogP contribution is 2.48. The predicted molar refractivity (Wildman–Crippen MR) is 110 cm³/mol. The molecule has 0 radical (unpaired) electrons. The summed E-state index contributed by atoms with van der Waals surface area (Å²) in [6.45, 7) is 3.95. The number of carbonyl (C=O) groups is 1. The van der Waals surface area contributed by atoms with E-state index in [0.717, 1.165) is 52.8 Å². The van der Waals surface area contributed by atoms with Crippen LogP contribution in [0.15, 0.2) is 37.1 Å². The summed E-state index contributed by atoms with van der Waals surface area (Å²) >= 11 is 0. The molecule has 0 fully saturated rings. The Kier molecular flexibility index (Phi) is 3.14. The predicted octanol–water partition coefficient (Wildman–Crippen LogP) is 3.79. The number of benzene rings is 1. The number of aromatic amines is 2. The van der Waals surface area contributed by atoms with Crippen LogP contribution in [0.1, 0.15) is 37.0 Å². The van der Waals surface area contributed by atoms with Crippen molar-refractivity contribution in [2.24, 2.45) is 0 Å². The van der Waals surface area contributed by atoms with E-state index in [2.05, 4.69) is 37.3 Å². The molecule has 144 valence electrons. The first-order chi connectivity index (χ1) is 14.1. The zero-order valence-corrected chi connectivity index (χ0v) is 16.3. The van der Waals surface area contributed by atoms with Crippen LogP contribution in [0.4, 0.5) is 11.4 Å². The SMILES string of the molecule is CC1(C)C(=O)N(c2cncnc2)c2cc3c4c([nH]c3cc21)-c1[nH]ncc1CCC4. The first-order valence-corrected chi connectivity index (χ1v) is 9.87. The van der Waals surface area contributed by atoms with Gasteiger partial charge in [0.1, 0.15) is 6.33 Å². The number of hydrogen-bond donors (Lipinski definition) is 2. The van der Waals surface area contributed by atoms with Crippen molar-refractivity contribution in [3.05, 3.63) is 53.7 Å². The molecule has 0 spiro atoms. The number of anilines is 2. The minimum Gasteiger partial charge on any atom is -0.353 e. The number of nitrogens with zero attached hydrogens (tertiary/aromatic N) is 4. The van der Waals surface area contributed by atoms with Crippen LogP contribution in [0, 0.1) is 0 Å². The molecule has 7 heteroatoms. The second-order valence-corrected chi connectivity index (χ2v) is 8.38. The molecule has 7 nitrogen and oxygen atoms in total. The third-order valence-corrected chi connectivity index (χ3v) is 6.32. The minimum atomic E-state index is -0.624. The van der Waals surface area contributed by atoms with Crippen molar-refractivity contribution in [2.45, 2.75) is 38.5 Å². The quantitative estimate of drug-likeness (QED) is 0.522. The Morgan fingerprint density at radius 1 is 1.07 bits per heavy atom. The van der Waals surface area contributed by atoms with E-state index in [9.17, 15) is 4.79 Å². The van der Waals surface area contributed by atoms with Crippen molar-refractivity contribution in [3.63, 3.8) is 0 Å². The third kappa shape index (κ3) is 2.12. The van der Waals surface area contributed by atoms with Crippen molar-refractivity contribution in [3.8, 4) is 11.4 Å². The van der Waals surface area contributed by atoms with Crippen LogP contribution >= 0.6 is 0 Å². The van der Waals surface area contributed by atoms with Gasteiger partial charge in [0.2, 0.25) is 5.91 Å². The van der Waals surface area contributed by atoms with Crippen LogP contribution in [-0.4, -0.2) is 31.1 Å². The van der Waals surface area contributed by atoms with Gasteiger partial charge in [0.25, 0.3) is 0 Å². The summed E-state index contributed by atoms with van der Waals surface area (Å²) in [5.74, 6) is 0.0388. The lowest BCUT2D eigenvalue weighted by atomic mass is 9.85. The van der Waals surface area contributed by atoms with E-state index in [4.69, 9.17) is 0 Å². The second kappa shape index (κ2) is 5.53. The van der Waals surface area contributed by atoms with Gasteiger partial charge >= 0.3 is 0 Å². The van der Waals surface area contributed by atoms with Crippen LogP contribution in [0.2, 0.25) is 0 Å². The molecule has 1 amide bonds. The monoisotopic (exact) mass is 384 g/mol. The number of fused-ring (bicyclic) bond motifs is 6. The Morgan fingerprint density at radius 3 is 2.72 bits per heavy atom. The number of nitrogens with one attached hydrogen (secondary N) is 2. The lowest BCUT2D eigenvalue weighted by Gasteiger charge is -2.19. The fourth-order valence-corrected chi connectivity index (χ4v) is 4.78. The summed E-state index contributed by atoms with van der Waals surface area (Å²) in [5.41, 5.74) is 7.79. The Labute approximate surface area is 167 Å². The molecule has 4 aromatic rings. The largest absolute Gasteiger partial charge is 0.353 e. The van der Waals surface area contributed by atoms with E-state index in [1.165, 1.54) is 17.5 Å². The van der Waals surface area contributed by atoms with Gasteiger partial charge in [-0.05, 0) is 61.9 Å². The summed E-state index contributed by atoms with van der Waals surface area (Å²) in [6, 6.07) is 4.29. The Hall–Kier alpha value is -3.48. The average Bonchev–Trinajstić information content (AvgIpc) is 3.34. The number of hydrogen-bond acceptors (Lipinski definition) is 4. The van der Waals surface area contributed by atoms with Gasteiger partial charge in [0, 0.05) is 10.9 Å². The highest BCUT2D eigenvalue weighted by atomic mass is 16.2. The number of carbonyl (C=O) groups excluding carboxylic acids is 1. The lowest BCUT2D eigenvalue weighted by molar-refractivity contribution is -0.121. The van der Waals surface area contributed by atoms with Crippen molar-refractivity contribution >= 4 is 28.2 Å². The highest BCUT2D eigenvalue weighted by Gasteiger charge is 2.45. The van der Waals surface area contributed by atoms with Crippen molar-refractivity contribution in [1.82, 2.24) is 25.1 Å². The van der Waals surface area contributed by atoms with Crippen molar-refractivity contribution in [2.75, 3.05) is 4.90 Å². The molecule has 0 unspecified atom stereocenters. The molecule has 2 aliphatic rings. The molecule has 1 aliphatic heterocycles. The molecule has 0 atom stereocenters. The van der Waals surface area contributed by atoms with E-state index in [0.29, 0.717) is 5.69 Å². The van der Waals surface area contributed by atoms with E-state index in [1.807, 2.05) is 20.0 Å². The maximum absolute atomic E-state index is 13.3. The first kappa shape index (κ1) is 16.5. The van der Waals surface area contributed by atoms with Crippen LogP contribution in [-0.2, 0) is 23.1 Å². The summed E-state index contributed by atoms with van der Waals surface area (Å²) in [6.07, 6.45) is 9.86. The highest BCUT2D eigenvalue weighted by molar-refractivity contribution is 6.14. The van der Waals surface area contributed by atoms with Gasteiger partial charge in [0.15, 0.2) is 0 Å². The van der Waals surface area contributed by atoms with Gasteiger partial charge in [-0.1, -0.05) is 0 Å². The Bertz CT molecular complexity index is 1280. The summed E-state index contributed by atoms with van der Waals surface area (Å²) < 4.78 is 0. The third-order valence-electron chi connectivity index (χ3n) is 6.32. The van der Waals surface area contributed by atoms with E-state index in [-0.39, 0.29) is 5.91 Å². The standard InChI is InChI=1S/C22H20N6O/c1-22(2)16-7-17-15(6-18(16)28(21(22)29)13-9-23-11-24-10-13)14-5-3-4-12-8-25-27-19(12)20(14)26-17/h6-11,26H,3-5H2,1-2H3,(H,25,27). The van der Waals surface area contributed by atoms with Gasteiger partial charge in [-0.3, -0.25) is 14.8 Å². The van der Waals surface area contributed by atoms with Crippen LogP contribution < -0.4 is 4.90 Å². The number of aryl methyl sites for hydroxylation is 2. The molecule has 4 heterocycles. The summed E-state index contributed by atoms with van der Waals surface area (Å²) in [5, 5.41) is 8.58. The zero-order valence-electron chi connectivity index (χ0n) is 16.3. The topological polar surface area (TPSA) is 90.6 Å². The van der Waals surface area contributed by atoms with Crippen LogP contribution in [0.5, 0.6) is 0 Å². The molecule has 6 rings (SSSR count). The lowest BCUT2D eigenvalue weighted by Crippen LogP contribution is -2.33. The molecule has 0 bridgehead atoms. The molecule has 3 aromatic heterocycles. The second-order valence-electron chi connectivity index (χ2n) is 8.38. The smallest absolute Gasteiger partial charge is 0.241 e. The van der Waals surface area contributed by atoms with E-state index >= 15 is 0 Å². The zero-order chi connectivity index (χ0) is 19.8. The maximum Gasteiger partial charge on any atom is 0.241 e. The average molecular weight is 384 g/mol. The normalized spacial score (nSPS) is 17.2. The van der Waals surface area contributed by atoms with Gasteiger partial charge in [-0.25, -0.2) is 9.97 Å². The number of amides is 1. The number of rotatable bonds is 1. The van der Waals surface area contributed by atoms with Gasteiger partial charge in [0.05, 0.1) is 46.8 Å². The Balaban J connectivity index is 1.63. The number of H-pyrrole nitrogens is 2. The molecule has 0 saturated heterocycles. The van der Waals surface area contributed by atoms with Gasteiger partial charge < -0.3 is 4.98 Å². The molecule has 1 aromatic carbocycles. The summed E-state index contributed by atoms with van der Waals surface area (Å²) in [7, 11) is 0. The van der Waals surface area contributed by atoms with Gasteiger partial charge in [-0.2, -0.15) is 5.10 Å². The first-order valence-electron chi connectivity index (χ1n) is 9.87. The van der Waals surface area contributed by atoms with Crippen molar-refractivity contribution < 1.29 is 4.79 Å². The molecule has 2 N–H and O–H groups in total. The minimum absolute atomic E-state index is 0.0388. The molecular formula is C22H20N6O. The maximum atomic E-state index is 13.3. The Morgan fingerprint density at radius 2 is 1.90 bits per heavy atom. The molecule has 29 heavy (non-hydrogen) atoms. The summed E-state index contributed by atoms with van der Waals surface area (Å²) in [4.78, 5) is 26.9. The van der Waals surface area contributed by atoms with Gasteiger partial charge in [-0.15, -0.1) is 0 Å². The fourth-order valence-electron chi connectivity index (χ4n) is 4.78. The fraction of sp³-hybridized carbons (Fsp3) is 0.273.